The van der Waals surface area contributed by atoms with Crippen LogP contribution in [0, 0.1) is 5.92 Å². The van der Waals surface area contributed by atoms with Gasteiger partial charge in [0.1, 0.15) is 19.0 Å². The second-order valence-corrected chi connectivity index (χ2v) is 6.77. The lowest BCUT2D eigenvalue weighted by Gasteiger charge is -2.15. The van der Waals surface area contributed by atoms with Crippen molar-refractivity contribution < 1.29 is 19.2 Å². The first-order valence-corrected chi connectivity index (χ1v) is 9.21. The van der Waals surface area contributed by atoms with Gasteiger partial charge in [0.2, 0.25) is 0 Å². The molecule has 0 saturated carbocycles. The summed E-state index contributed by atoms with van der Waals surface area (Å²) < 4.78 is 7.21. The summed E-state index contributed by atoms with van der Waals surface area (Å²) in [6, 6.07) is 8.02. The highest BCUT2D eigenvalue weighted by atomic mass is 16.5. The van der Waals surface area contributed by atoms with Crippen molar-refractivity contribution in [1.29, 1.82) is 0 Å². The van der Waals surface area contributed by atoms with E-state index in [1.54, 1.807) is 0 Å². The quantitative estimate of drug-likeness (QED) is 0.593. The first kappa shape index (κ1) is 18.4. The maximum Gasteiger partial charge on any atom is 0.317 e. The van der Waals surface area contributed by atoms with Crippen molar-refractivity contribution in [3.63, 3.8) is 0 Å². The maximum absolute atomic E-state index is 12.1. The van der Waals surface area contributed by atoms with Gasteiger partial charge in [0, 0.05) is 28.9 Å². The fourth-order valence-electron chi connectivity index (χ4n) is 3.65. The number of aliphatic hydroxyl groups is 1. The average molecular weight is 355 g/mol. The van der Waals surface area contributed by atoms with Crippen molar-refractivity contribution in [3.8, 4) is 0 Å². The summed E-state index contributed by atoms with van der Waals surface area (Å²) in [5.74, 6) is -0.516. The second-order valence-electron chi connectivity index (χ2n) is 6.77. The minimum atomic E-state index is -0.684. The number of aromatic nitrogens is 1. The molecule has 1 unspecified atom stereocenters. The van der Waals surface area contributed by atoms with Crippen molar-refractivity contribution in [1.82, 2.24) is 4.98 Å². The number of rotatable bonds is 7. The number of hydrogen-bond donors (Lipinski definition) is 2. The fraction of sp³-hybridized carbons (Fsp3) is 0.429. The van der Waals surface area contributed by atoms with Crippen LogP contribution in [0.25, 0.3) is 10.9 Å². The number of hydrogen-bond acceptors (Lipinski definition) is 3. The van der Waals surface area contributed by atoms with E-state index in [9.17, 15) is 9.90 Å². The molecule has 2 N–H and O–H groups in total. The number of ether oxygens (including phenoxy) is 1. The van der Waals surface area contributed by atoms with Gasteiger partial charge in [-0.25, -0.2) is 4.58 Å². The molecule has 2 atom stereocenters. The topological polar surface area (TPSA) is 65.3 Å². The SMILES string of the molecule is CC[C@H]1C=CC=[N+](CCc2c(C(CO)C(=O)OC)[nH]c3ccccc23)C1. The zero-order chi connectivity index (χ0) is 18.5. The predicted octanol–water partition coefficient (Wildman–Crippen LogP) is 2.64. The highest BCUT2D eigenvalue weighted by Crippen LogP contribution is 2.29. The number of benzene rings is 1. The molecule has 0 aliphatic carbocycles. The molecule has 0 saturated heterocycles. The summed E-state index contributed by atoms with van der Waals surface area (Å²) in [5, 5.41) is 10.9. The van der Waals surface area contributed by atoms with Crippen LogP contribution in [0.5, 0.6) is 0 Å². The summed E-state index contributed by atoms with van der Waals surface area (Å²) in [6.45, 7) is 3.82. The number of aromatic amines is 1. The van der Waals surface area contributed by atoms with Gasteiger partial charge in [0.05, 0.1) is 13.7 Å². The lowest BCUT2D eigenvalue weighted by Crippen LogP contribution is -2.26. The first-order chi connectivity index (χ1) is 12.7. The average Bonchev–Trinajstić information content (AvgIpc) is 3.05. The molecule has 3 rings (SSSR count). The van der Waals surface area contributed by atoms with Crippen molar-refractivity contribution in [2.75, 3.05) is 26.8 Å². The number of methoxy groups -OCH3 is 1. The van der Waals surface area contributed by atoms with Crippen LogP contribution in [0.3, 0.4) is 0 Å². The van der Waals surface area contributed by atoms with E-state index < -0.39 is 11.9 Å². The lowest BCUT2D eigenvalue weighted by atomic mass is 9.98. The molecule has 5 heteroatoms. The molecule has 2 heterocycles. The van der Waals surface area contributed by atoms with Gasteiger partial charge < -0.3 is 14.8 Å². The Kier molecular flexibility index (Phi) is 5.89. The number of carbonyl (C=O) groups excluding carboxylic acids is 1. The third-order valence-corrected chi connectivity index (χ3v) is 5.19. The van der Waals surface area contributed by atoms with Gasteiger partial charge in [0.15, 0.2) is 6.21 Å². The van der Waals surface area contributed by atoms with E-state index >= 15 is 0 Å². The minimum absolute atomic E-state index is 0.275. The van der Waals surface area contributed by atoms with Gasteiger partial charge in [0.25, 0.3) is 0 Å². The number of carbonyl (C=O) groups is 1. The maximum atomic E-state index is 12.1. The largest absolute Gasteiger partial charge is 0.468 e. The third-order valence-electron chi connectivity index (χ3n) is 5.19. The first-order valence-electron chi connectivity index (χ1n) is 9.21. The van der Waals surface area contributed by atoms with Crippen LogP contribution in [0.4, 0.5) is 0 Å². The number of para-hydroxylation sites is 1. The number of aliphatic hydroxyl groups excluding tert-OH is 1. The van der Waals surface area contributed by atoms with Crippen molar-refractivity contribution >= 4 is 23.1 Å². The molecule has 26 heavy (non-hydrogen) atoms. The van der Waals surface area contributed by atoms with Gasteiger partial charge in [-0.15, -0.1) is 0 Å². The molecule has 1 aliphatic heterocycles. The van der Waals surface area contributed by atoms with Crippen LogP contribution >= 0.6 is 0 Å². The Hall–Kier alpha value is -2.40. The van der Waals surface area contributed by atoms with Gasteiger partial charge in [-0.05, 0) is 24.1 Å². The van der Waals surface area contributed by atoms with E-state index in [1.807, 2.05) is 18.2 Å². The normalized spacial score (nSPS) is 18.0. The molecule has 0 amide bonds. The highest BCUT2D eigenvalue weighted by molar-refractivity contribution is 5.88. The zero-order valence-corrected chi connectivity index (χ0v) is 15.4. The molecule has 1 aliphatic rings. The molecule has 0 radical (unpaired) electrons. The van der Waals surface area contributed by atoms with Crippen molar-refractivity contribution in [3.05, 3.63) is 47.7 Å². The Morgan fingerprint density at radius 1 is 1.42 bits per heavy atom. The van der Waals surface area contributed by atoms with Crippen molar-refractivity contribution in [2.45, 2.75) is 25.7 Å². The van der Waals surface area contributed by atoms with Crippen LogP contribution in [0.2, 0.25) is 0 Å². The van der Waals surface area contributed by atoms with E-state index in [0.29, 0.717) is 5.92 Å². The number of nitrogens with zero attached hydrogens (tertiary/aromatic N) is 1. The Labute approximate surface area is 154 Å². The molecule has 2 aromatic rings. The Morgan fingerprint density at radius 3 is 2.96 bits per heavy atom. The monoisotopic (exact) mass is 355 g/mol. The standard InChI is InChI=1S/C21H27N2O3/c1-3-15-7-6-11-23(13-15)12-10-17-16-8-4-5-9-19(16)22-20(17)18(14-24)21(25)26-2/h4-9,11,15,18,22,24H,3,10,12-14H2,1-2H3/q+1/t15-,18?/m0/s1. The van der Waals surface area contributed by atoms with Crippen LogP contribution in [0.1, 0.15) is 30.5 Å². The van der Waals surface area contributed by atoms with E-state index in [1.165, 1.54) is 7.11 Å². The molecular formula is C21H27N2O3+. The van der Waals surface area contributed by atoms with Gasteiger partial charge >= 0.3 is 5.97 Å². The number of nitrogens with one attached hydrogen (secondary N) is 1. The van der Waals surface area contributed by atoms with E-state index in [0.717, 1.165) is 48.1 Å². The van der Waals surface area contributed by atoms with Gasteiger partial charge in [-0.1, -0.05) is 31.2 Å². The number of H-pyrrole nitrogens is 1. The minimum Gasteiger partial charge on any atom is -0.468 e. The zero-order valence-electron chi connectivity index (χ0n) is 15.4. The van der Waals surface area contributed by atoms with Crippen LogP contribution < -0.4 is 0 Å². The summed E-state index contributed by atoms with van der Waals surface area (Å²) in [6.07, 6.45) is 8.44. The summed E-state index contributed by atoms with van der Waals surface area (Å²) >= 11 is 0. The summed E-state index contributed by atoms with van der Waals surface area (Å²) in [4.78, 5) is 15.5. The molecule has 5 nitrogen and oxygen atoms in total. The molecule has 138 valence electrons. The predicted molar refractivity (Wildman–Crippen MR) is 103 cm³/mol. The molecule has 0 spiro atoms. The van der Waals surface area contributed by atoms with Gasteiger partial charge in [-0.2, -0.15) is 0 Å². The fourth-order valence-corrected chi connectivity index (χ4v) is 3.65. The number of allylic oxidation sites excluding steroid dienone is 1. The van der Waals surface area contributed by atoms with E-state index in [4.69, 9.17) is 4.74 Å². The molecular weight excluding hydrogens is 328 g/mol. The molecule has 0 fully saturated rings. The Bertz CT molecular complexity index is 835. The summed E-state index contributed by atoms with van der Waals surface area (Å²) in [7, 11) is 1.35. The van der Waals surface area contributed by atoms with Crippen molar-refractivity contribution in [2.24, 2.45) is 5.92 Å². The van der Waals surface area contributed by atoms with Gasteiger partial charge in [-0.3, -0.25) is 4.79 Å². The molecule has 1 aromatic carbocycles. The van der Waals surface area contributed by atoms with Crippen LogP contribution in [0.15, 0.2) is 36.4 Å². The molecule has 0 bridgehead atoms. The van der Waals surface area contributed by atoms with Crippen LogP contribution in [-0.2, 0) is 16.0 Å². The Balaban J connectivity index is 1.91. The lowest BCUT2D eigenvalue weighted by molar-refractivity contribution is -0.529. The number of fused-ring (bicyclic) bond motifs is 1. The van der Waals surface area contributed by atoms with E-state index in [2.05, 4.69) is 40.9 Å². The second kappa shape index (κ2) is 8.32. The molecule has 1 aromatic heterocycles. The number of esters is 1. The van der Waals surface area contributed by atoms with E-state index in [-0.39, 0.29) is 6.61 Å². The summed E-state index contributed by atoms with van der Waals surface area (Å²) in [5.41, 5.74) is 2.83. The van der Waals surface area contributed by atoms with Crippen LogP contribution in [-0.4, -0.2) is 53.7 Å². The Morgan fingerprint density at radius 2 is 2.23 bits per heavy atom. The third kappa shape index (κ3) is 3.73. The highest BCUT2D eigenvalue weighted by Gasteiger charge is 2.27. The smallest absolute Gasteiger partial charge is 0.317 e.